The molecule has 3 heterocycles. The van der Waals surface area contributed by atoms with Crippen molar-refractivity contribution < 1.29 is 9.15 Å². The molecule has 0 bridgehead atoms. The maximum Gasteiger partial charge on any atom is 0.276 e. The number of hydrogen-bond donors (Lipinski definition) is 0. The highest BCUT2D eigenvalue weighted by Gasteiger charge is 2.42. The average Bonchev–Trinajstić information content (AvgIpc) is 3.29. The molecule has 1 aliphatic carbocycles. The lowest BCUT2D eigenvalue weighted by atomic mass is 9.98. The summed E-state index contributed by atoms with van der Waals surface area (Å²) in [4.78, 5) is 3.89. The number of nitrogens with zero attached hydrogens (tertiary/aromatic N) is 5. The van der Waals surface area contributed by atoms with Crippen molar-refractivity contribution >= 4 is 11.8 Å². The van der Waals surface area contributed by atoms with Crippen LogP contribution in [0.5, 0.6) is 0 Å². The monoisotopic (exact) mass is 321 g/mol. The van der Waals surface area contributed by atoms with Crippen molar-refractivity contribution in [3.05, 3.63) is 18.5 Å². The zero-order valence-corrected chi connectivity index (χ0v) is 13.2. The lowest BCUT2D eigenvalue weighted by Crippen LogP contribution is -2.25. The van der Waals surface area contributed by atoms with Crippen LogP contribution in [0.15, 0.2) is 22.3 Å². The molecule has 2 fully saturated rings. The van der Waals surface area contributed by atoms with Gasteiger partial charge < -0.3 is 9.15 Å². The number of thioether (sulfide) groups is 1. The van der Waals surface area contributed by atoms with Crippen molar-refractivity contribution in [2.24, 2.45) is 0 Å². The summed E-state index contributed by atoms with van der Waals surface area (Å²) in [5.41, 5.74) is 0.193. The molecule has 1 atom stereocenters. The molecule has 0 aromatic carbocycles. The number of aromatic nitrogens is 5. The molecule has 1 unspecified atom stereocenters. The molecule has 1 saturated carbocycles. The molecule has 2 aromatic heterocycles. The first-order valence-corrected chi connectivity index (χ1v) is 8.75. The van der Waals surface area contributed by atoms with Gasteiger partial charge in [0.25, 0.3) is 5.22 Å². The highest BCUT2D eigenvalue weighted by atomic mass is 32.2. The van der Waals surface area contributed by atoms with E-state index in [2.05, 4.69) is 20.3 Å². The molecular weight excluding hydrogens is 302 g/mol. The Morgan fingerprint density at radius 3 is 3.00 bits per heavy atom. The van der Waals surface area contributed by atoms with Gasteiger partial charge in [0.05, 0.1) is 11.7 Å². The number of rotatable bonds is 5. The molecule has 118 valence electrons. The van der Waals surface area contributed by atoms with Crippen LogP contribution in [-0.4, -0.2) is 42.4 Å². The van der Waals surface area contributed by atoms with E-state index in [1.165, 1.54) is 38.4 Å². The summed E-state index contributed by atoms with van der Waals surface area (Å²) in [6.07, 6.45) is 10.9. The third-order valence-corrected chi connectivity index (χ3v) is 5.41. The molecule has 0 N–H and O–H groups in total. The fourth-order valence-corrected chi connectivity index (χ4v) is 4.19. The SMILES string of the molecule is c1ncn(Cc2nnc(SCC3CCC4(CCCC4)O3)o2)n1. The molecular formula is C14H19N5O2S. The number of hydrogen-bond acceptors (Lipinski definition) is 7. The van der Waals surface area contributed by atoms with Gasteiger partial charge in [-0.2, -0.15) is 5.10 Å². The maximum atomic E-state index is 6.29. The first-order valence-electron chi connectivity index (χ1n) is 7.77. The second-order valence-electron chi connectivity index (χ2n) is 6.03. The van der Waals surface area contributed by atoms with Gasteiger partial charge in [-0.05, 0) is 25.7 Å². The largest absolute Gasteiger partial charge is 0.414 e. The summed E-state index contributed by atoms with van der Waals surface area (Å²) in [6, 6.07) is 0. The fraction of sp³-hybridized carbons (Fsp3) is 0.714. The maximum absolute atomic E-state index is 6.29. The van der Waals surface area contributed by atoms with E-state index in [0.29, 0.717) is 23.8 Å². The summed E-state index contributed by atoms with van der Waals surface area (Å²) in [5.74, 6) is 1.43. The quantitative estimate of drug-likeness (QED) is 0.782. The highest BCUT2D eigenvalue weighted by Crippen LogP contribution is 2.44. The normalized spacial score (nSPS) is 23.5. The van der Waals surface area contributed by atoms with Crippen LogP contribution in [0.4, 0.5) is 0 Å². The average molecular weight is 321 g/mol. The Morgan fingerprint density at radius 2 is 2.18 bits per heavy atom. The van der Waals surface area contributed by atoms with E-state index >= 15 is 0 Å². The summed E-state index contributed by atoms with van der Waals surface area (Å²) >= 11 is 1.58. The summed E-state index contributed by atoms with van der Waals surface area (Å²) in [6.45, 7) is 0.455. The molecule has 0 amide bonds. The topological polar surface area (TPSA) is 78.9 Å². The van der Waals surface area contributed by atoms with Crippen LogP contribution in [-0.2, 0) is 11.3 Å². The van der Waals surface area contributed by atoms with Crippen LogP contribution in [0, 0.1) is 0 Å². The van der Waals surface area contributed by atoms with E-state index in [1.54, 1.807) is 22.8 Å². The second-order valence-corrected chi connectivity index (χ2v) is 7.01. The fourth-order valence-electron chi connectivity index (χ4n) is 3.38. The molecule has 7 nitrogen and oxygen atoms in total. The van der Waals surface area contributed by atoms with Crippen molar-refractivity contribution in [2.45, 2.75) is 62.0 Å². The van der Waals surface area contributed by atoms with Crippen molar-refractivity contribution in [3.8, 4) is 0 Å². The van der Waals surface area contributed by atoms with E-state index < -0.39 is 0 Å². The Hall–Kier alpha value is -1.41. The molecule has 8 heteroatoms. The first-order chi connectivity index (χ1) is 10.8. The standard InChI is InChI=1S/C14H19N5O2S/c1-2-5-14(4-1)6-3-11(21-14)8-22-13-18-17-12(20-13)7-19-10-15-9-16-19/h9-11H,1-8H2. The van der Waals surface area contributed by atoms with E-state index in [-0.39, 0.29) is 5.60 Å². The van der Waals surface area contributed by atoms with Crippen molar-refractivity contribution in [2.75, 3.05) is 5.75 Å². The zero-order chi connectivity index (χ0) is 14.8. The van der Waals surface area contributed by atoms with E-state index in [9.17, 15) is 0 Å². The molecule has 1 spiro atoms. The third-order valence-electron chi connectivity index (χ3n) is 4.46. The minimum absolute atomic E-state index is 0.193. The van der Waals surface area contributed by atoms with Gasteiger partial charge in [0, 0.05) is 5.75 Å². The van der Waals surface area contributed by atoms with E-state index in [4.69, 9.17) is 9.15 Å². The second kappa shape index (κ2) is 6.00. The van der Waals surface area contributed by atoms with Gasteiger partial charge in [0.15, 0.2) is 0 Å². The number of ether oxygens (including phenoxy) is 1. The van der Waals surface area contributed by atoms with Crippen molar-refractivity contribution in [1.82, 2.24) is 25.0 Å². The van der Waals surface area contributed by atoms with E-state index in [0.717, 1.165) is 12.2 Å². The molecule has 2 aliphatic rings. The van der Waals surface area contributed by atoms with Crippen LogP contribution in [0.1, 0.15) is 44.4 Å². The predicted molar refractivity (Wildman–Crippen MR) is 79.5 cm³/mol. The van der Waals surface area contributed by atoms with Crippen molar-refractivity contribution in [1.29, 1.82) is 0 Å². The zero-order valence-electron chi connectivity index (χ0n) is 12.3. The van der Waals surface area contributed by atoms with Gasteiger partial charge in [-0.25, -0.2) is 9.67 Å². The summed E-state index contributed by atoms with van der Waals surface area (Å²) in [5, 5.41) is 12.7. The predicted octanol–water partition coefficient (Wildman–Crippen LogP) is 2.29. The van der Waals surface area contributed by atoms with Gasteiger partial charge in [-0.1, -0.05) is 24.6 Å². The van der Waals surface area contributed by atoms with Crippen LogP contribution in [0.2, 0.25) is 0 Å². The van der Waals surface area contributed by atoms with E-state index in [1.807, 2.05) is 0 Å². The van der Waals surface area contributed by atoms with Gasteiger partial charge >= 0.3 is 0 Å². The van der Waals surface area contributed by atoms with Crippen LogP contribution < -0.4 is 0 Å². The molecule has 0 radical (unpaired) electrons. The molecule has 4 rings (SSSR count). The van der Waals surface area contributed by atoms with Gasteiger partial charge in [-0.15, -0.1) is 10.2 Å². The summed E-state index contributed by atoms with van der Waals surface area (Å²) < 4.78 is 13.6. The van der Waals surface area contributed by atoms with Gasteiger partial charge in [0.2, 0.25) is 5.89 Å². The van der Waals surface area contributed by atoms with Gasteiger partial charge in [-0.3, -0.25) is 0 Å². The van der Waals surface area contributed by atoms with Crippen LogP contribution in [0.3, 0.4) is 0 Å². The Kier molecular flexibility index (Phi) is 3.87. The van der Waals surface area contributed by atoms with Crippen molar-refractivity contribution in [3.63, 3.8) is 0 Å². The minimum Gasteiger partial charge on any atom is -0.414 e. The Labute approximate surface area is 132 Å². The molecule has 1 saturated heterocycles. The Balaban J connectivity index is 1.28. The lowest BCUT2D eigenvalue weighted by molar-refractivity contribution is -0.0268. The van der Waals surface area contributed by atoms with Crippen LogP contribution in [0.25, 0.3) is 0 Å². The third kappa shape index (κ3) is 3.03. The lowest BCUT2D eigenvalue weighted by Gasteiger charge is -2.23. The molecule has 1 aliphatic heterocycles. The highest BCUT2D eigenvalue weighted by molar-refractivity contribution is 7.99. The Morgan fingerprint density at radius 1 is 1.27 bits per heavy atom. The minimum atomic E-state index is 0.193. The smallest absolute Gasteiger partial charge is 0.276 e. The molecule has 2 aromatic rings. The first kappa shape index (κ1) is 14.2. The summed E-state index contributed by atoms with van der Waals surface area (Å²) in [7, 11) is 0. The molecule has 22 heavy (non-hydrogen) atoms. The van der Waals surface area contributed by atoms with Crippen LogP contribution >= 0.6 is 11.8 Å². The Bertz CT molecular complexity index is 609. The van der Waals surface area contributed by atoms with Gasteiger partial charge in [0.1, 0.15) is 19.2 Å².